The van der Waals surface area contributed by atoms with Crippen LogP contribution in [0.15, 0.2) is 28.7 Å². The van der Waals surface area contributed by atoms with Gasteiger partial charge in [-0.2, -0.15) is 0 Å². The van der Waals surface area contributed by atoms with E-state index < -0.39 is 0 Å². The molecule has 0 bridgehead atoms. The monoisotopic (exact) mass is 236 g/mol. The Kier molecular flexibility index (Phi) is 2.54. The van der Waals surface area contributed by atoms with Gasteiger partial charge in [-0.25, -0.2) is 0 Å². The molecule has 68 valence electrons. The van der Waals surface area contributed by atoms with E-state index in [1.54, 1.807) is 0 Å². The molecule has 0 saturated carbocycles. The van der Waals surface area contributed by atoms with Crippen LogP contribution in [-0.2, 0) is 6.42 Å². The lowest BCUT2D eigenvalue weighted by atomic mass is 10.0. The molecule has 0 unspecified atom stereocenters. The third kappa shape index (κ3) is 1.58. The topological polar surface area (TPSA) is 0 Å². The molecule has 1 aliphatic carbocycles. The van der Waals surface area contributed by atoms with Crippen molar-refractivity contribution in [1.82, 2.24) is 0 Å². The summed E-state index contributed by atoms with van der Waals surface area (Å²) in [4.78, 5) is 0. The minimum atomic E-state index is 1.10. The van der Waals surface area contributed by atoms with Gasteiger partial charge in [0.25, 0.3) is 0 Å². The molecule has 0 nitrogen and oxygen atoms in total. The molecule has 1 aromatic rings. The van der Waals surface area contributed by atoms with E-state index >= 15 is 0 Å². The zero-order valence-electron chi connectivity index (χ0n) is 7.81. The van der Waals surface area contributed by atoms with Crippen molar-refractivity contribution in [2.24, 2.45) is 0 Å². The molecule has 0 amide bonds. The summed E-state index contributed by atoms with van der Waals surface area (Å²) in [5.41, 5.74) is 4.45. The van der Waals surface area contributed by atoms with Crippen molar-refractivity contribution in [3.8, 4) is 0 Å². The van der Waals surface area contributed by atoms with Crippen molar-refractivity contribution in [3.05, 3.63) is 39.9 Å². The van der Waals surface area contributed by atoms with E-state index in [-0.39, 0.29) is 0 Å². The Morgan fingerprint density at radius 1 is 1.38 bits per heavy atom. The molecule has 0 spiro atoms. The maximum atomic E-state index is 3.59. The molecule has 0 N–H and O–H groups in total. The van der Waals surface area contributed by atoms with Crippen LogP contribution in [0.5, 0.6) is 0 Å². The lowest BCUT2D eigenvalue weighted by Gasteiger charge is -2.05. The molecule has 0 atom stereocenters. The number of hydrogen-bond donors (Lipinski definition) is 0. The van der Waals surface area contributed by atoms with Crippen molar-refractivity contribution in [2.45, 2.75) is 26.2 Å². The fourth-order valence-corrected chi connectivity index (χ4v) is 2.44. The van der Waals surface area contributed by atoms with Gasteiger partial charge in [-0.1, -0.05) is 47.5 Å². The Hall–Kier alpha value is -0.560. The summed E-state index contributed by atoms with van der Waals surface area (Å²) in [5, 5.41) is 0. The van der Waals surface area contributed by atoms with Crippen LogP contribution in [0.25, 0.3) is 5.57 Å². The van der Waals surface area contributed by atoms with Gasteiger partial charge in [0, 0.05) is 4.47 Å². The molecule has 0 radical (unpaired) electrons. The van der Waals surface area contributed by atoms with Gasteiger partial charge in [-0.3, -0.25) is 0 Å². The molecule has 1 heteroatoms. The lowest BCUT2D eigenvalue weighted by Crippen LogP contribution is -1.85. The molecular weight excluding hydrogens is 224 g/mol. The second-order valence-corrected chi connectivity index (χ2v) is 4.30. The summed E-state index contributed by atoms with van der Waals surface area (Å²) in [6, 6.07) is 6.48. The van der Waals surface area contributed by atoms with Crippen molar-refractivity contribution in [1.29, 1.82) is 0 Å². The van der Waals surface area contributed by atoms with Gasteiger partial charge < -0.3 is 0 Å². The molecule has 0 aliphatic heterocycles. The average Bonchev–Trinajstić information content (AvgIpc) is 2.51. The first-order valence-corrected chi connectivity index (χ1v) is 5.59. The predicted octanol–water partition coefficient (Wildman–Crippen LogP) is 4.19. The van der Waals surface area contributed by atoms with Gasteiger partial charge in [-0.15, -0.1) is 0 Å². The highest BCUT2D eigenvalue weighted by atomic mass is 79.9. The summed E-state index contributed by atoms with van der Waals surface area (Å²) in [5.74, 6) is 0. The van der Waals surface area contributed by atoms with Crippen LogP contribution in [0, 0.1) is 0 Å². The normalized spacial score (nSPS) is 14.2. The zero-order valence-corrected chi connectivity index (χ0v) is 9.39. The van der Waals surface area contributed by atoms with Crippen LogP contribution in [0.3, 0.4) is 0 Å². The van der Waals surface area contributed by atoms with Crippen LogP contribution < -0.4 is 0 Å². The summed E-state index contributed by atoms with van der Waals surface area (Å²) in [6.45, 7) is 2.23. The largest absolute Gasteiger partial charge is 0.0762 e. The molecule has 0 fully saturated rings. The van der Waals surface area contributed by atoms with E-state index in [2.05, 4.69) is 47.1 Å². The van der Waals surface area contributed by atoms with Crippen molar-refractivity contribution >= 4 is 21.5 Å². The number of allylic oxidation sites excluding steroid dienone is 2. The Morgan fingerprint density at radius 2 is 2.23 bits per heavy atom. The fourth-order valence-electron chi connectivity index (χ4n) is 1.91. The maximum absolute atomic E-state index is 3.59. The van der Waals surface area contributed by atoms with Gasteiger partial charge in [0.2, 0.25) is 0 Å². The van der Waals surface area contributed by atoms with E-state index in [0.717, 1.165) is 6.42 Å². The van der Waals surface area contributed by atoms with E-state index in [9.17, 15) is 0 Å². The Morgan fingerprint density at radius 3 is 3.00 bits per heavy atom. The van der Waals surface area contributed by atoms with E-state index in [4.69, 9.17) is 0 Å². The third-order valence-electron chi connectivity index (χ3n) is 2.54. The summed E-state index contributed by atoms with van der Waals surface area (Å²) in [6.07, 6.45) is 5.91. The molecular formula is C12H13Br. The summed E-state index contributed by atoms with van der Waals surface area (Å²) in [7, 11) is 0. The Balaban J connectivity index is 2.39. The maximum Gasteiger partial charge on any atom is 0.0216 e. The smallest absolute Gasteiger partial charge is 0.0216 e. The van der Waals surface area contributed by atoms with Crippen LogP contribution in [0.2, 0.25) is 0 Å². The fraction of sp³-hybridized carbons (Fsp3) is 0.333. The number of fused-ring (bicyclic) bond motifs is 1. The van der Waals surface area contributed by atoms with Gasteiger partial charge in [0.1, 0.15) is 0 Å². The van der Waals surface area contributed by atoms with Gasteiger partial charge in [-0.05, 0) is 35.6 Å². The van der Waals surface area contributed by atoms with E-state index in [0.29, 0.717) is 0 Å². The van der Waals surface area contributed by atoms with E-state index in [1.165, 1.54) is 34.0 Å². The number of halogens is 1. The molecule has 2 rings (SSSR count). The summed E-state index contributed by atoms with van der Waals surface area (Å²) < 4.78 is 1.26. The Labute approximate surface area is 87.8 Å². The molecule has 1 aliphatic rings. The minimum absolute atomic E-state index is 1.10. The summed E-state index contributed by atoms with van der Waals surface area (Å²) >= 11 is 3.59. The Bertz CT molecular complexity index is 350. The standard InChI is InChI=1S/C12H13Br/c1-2-4-9-7-8-11-10(9)5-3-6-12(11)13/h3,5-7H,2,4,8H2,1H3. The molecule has 13 heavy (non-hydrogen) atoms. The van der Waals surface area contributed by atoms with Crippen LogP contribution in [-0.4, -0.2) is 0 Å². The number of benzene rings is 1. The zero-order chi connectivity index (χ0) is 9.26. The van der Waals surface area contributed by atoms with Crippen molar-refractivity contribution in [2.75, 3.05) is 0 Å². The second kappa shape index (κ2) is 3.67. The first kappa shape index (κ1) is 9.01. The predicted molar refractivity (Wildman–Crippen MR) is 60.7 cm³/mol. The average molecular weight is 237 g/mol. The third-order valence-corrected chi connectivity index (χ3v) is 3.28. The molecule has 0 heterocycles. The first-order chi connectivity index (χ1) is 6.33. The highest BCUT2D eigenvalue weighted by Crippen LogP contribution is 2.34. The van der Waals surface area contributed by atoms with Gasteiger partial charge in [0.05, 0.1) is 0 Å². The quantitative estimate of drug-likeness (QED) is 0.723. The van der Waals surface area contributed by atoms with Gasteiger partial charge in [0.15, 0.2) is 0 Å². The second-order valence-electron chi connectivity index (χ2n) is 3.45. The molecule has 1 aromatic carbocycles. The molecule has 0 aromatic heterocycles. The van der Waals surface area contributed by atoms with E-state index in [1.807, 2.05) is 0 Å². The van der Waals surface area contributed by atoms with Crippen LogP contribution in [0.1, 0.15) is 30.9 Å². The van der Waals surface area contributed by atoms with Crippen molar-refractivity contribution < 1.29 is 0 Å². The first-order valence-electron chi connectivity index (χ1n) is 4.79. The highest BCUT2D eigenvalue weighted by Gasteiger charge is 2.14. The van der Waals surface area contributed by atoms with Crippen LogP contribution >= 0.6 is 15.9 Å². The highest BCUT2D eigenvalue weighted by molar-refractivity contribution is 9.10. The van der Waals surface area contributed by atoms with Crippen molar-refractivity contribution in [3.63, 3.8) is 0 Å². The minimum Gasteiger partial charge on any atom is -0.0762 e. The van der Waals surface area contributed by atoms with Crippen LogP contribution in [0.4, 0.5) is 0 Å². The lowest BCUT2D eigenvalue weighted by molar-refractivity contribution is 0.975. The SMILES string of the molecule is CCCC1=CCc2c(Br)cccc21. The number of rotatable bonds is 2. The molecule has 0 saturated heterocycles. The van der Waals surface area contributed by atoms with Gasteiger partial charge >= 0.3 is 0 Å². The number of hydrogen-bond acceptors (Lipinski definition) is 0.